The third kappa shape index (κ3) is 2.34. The van der Waals surface area contributed by atoms with Gasteiger partial charge in [-0.1, -0.05) is 12.1 Å². The molecule has 8 nitrogen and oxygen atoms in total. The zero-order valence-corrected chi connectivity index (χ0v) is 13.0. The molecule has 3 aliphatic heterocycles. The van der Waals surface area contributed by atoms with Crippen LogP contribution >= 0.6 is 0 Å². The SMILES string of the molecule is CC1(C)OC2OC3C(OC(=O)c4ccccc4O)C(=O)OC3[C@@H]2O1. The number of carbonyl (C=O) groups is 2. The third-order valence-electron chi connectivity index (χ3n) is 4.17. The molecule has 0 aromatic heterocycles. The fourth-order valence-corrected chi connectivity index (χ4v) is 3.16. The van der Waals surface area contributed by atoms with Gasteiger partial charge < -0.3 is 28.8 Å². The Morgan fingerprint density at radius 2 is 1.92 bits per heavy atom. The smallest absolute Gasteiger partial charge is 0.350 e. The lowest BCUT2D eigenvalue weighted by molar-refractivity contribution is -0.214. The van der Waals surface area contributed by atoms with Gasteiger partial charge in [0.1, 0.15) is 17.4 Å². The summed E-state index contributed by atoms with van der Waals surface area (Å²) in [5, 5.41) is 9.71. The van der Waals surface area contributed by atoms with Crippen molar-refractivity contribution in [3.8, 4) is 5.75 Å². The van der Waals surface area contributed by atoms with Gasteiger partial charge in [0.2, 0.25) is 6.10 Å². The minimum absolute atomic E-state index is 0.0411. The molecule has 0 radical (unpaired) electrons. The molecule has 1 aromatic rings. The first-order valence-corrected chi connectivity index (χ1v) is 7.56. The number of hydrogen-bond donors (Lipinski definition) is 1. The molecule has 0 bridgehead atoms. The van der Waals surface area contributed by atoms with E-state index in [9.17, 15) is 14.7 Å². The number of benzene rings is 1. The molecule has 1 aromatic carbocycles. The Bertz CT molecular complexity index is 699. The first-order chi connectivity index (χ1) is 11.4. The number of phenols is 1. The minimum atomic E-state index is -1.23. The zero-order valence-electron chi connectivity index (χ0n) is 13.0. The highest BCUT2D eigenvalue weighted by Gasteiger charge is 2.64. The molecular weight excluding hydrogens is 320 g/mol. The van der Waals surface area contributed by atoms with Gasteiger partial charge in [-0.25, -0.2) is 9.59 Å². The van der Waals surface area contributed by atoms with Gasteiger partial charge in [-0.15, -0.1) is 0 Å². The molecule has 24 heavy (non-hydrogen) atoms. The van der Waals surface area contributed by atoms with Crippen molar-refractivity contribution in [3.63, 3.8) is 0 Å². The van der Waals surface area contributed by atoms with Crippen LogP contribution in [0.3, 0.4) is 0 Å². The molecule has 3 heterocycles. The summed E-state index contributed by atoms with van der Waals surface area (Å²) in [5.41, 5.74) is -0.0411. The summed E-state index contributed by atoms with van der Waals surface area (Å²) < 4.78 is 27.4. The first-order valence-electron chi connectivity index (χ1n) is 7.56. The van der Waals surface area contributed by atoms with Crippen LogP contribution in [0.15, 0.2) is 24.3 Å². The average Bonchev–Trinajstić information content (AvgIpc) is 3.08. The van der Waals surface area contributed by atoms with Gasteiger partial charge in [0, 0.05) is 0 Å². The van der Waals surface area contributed by atoms with Gasteiger partial charge in [-0.05, 0) is 26.0 Å². The normalized spacial score (nSPS) is 36.1. The number of phenolic OH excluding ortho intramolecular Hbond substituents is 1. The second-order valence-corrected chi connectivity index (χ2v) is 6.31. The van der Waals surface area contributed by atoms with Crippen molar-refractivity contribution in [1.82, 2.24) is 0 Å². The van der Waals surface area contributed by atoms with Gasteiger partial charge in [-0.3, -0.25) is 0 Å². The van der Waals surface area contributed by atoms with Crippen LogP contribution in [0.25, 0.3) is 0 Å². The molecule has 4 unspecified atom stereocenters. The standard InChI is InChI=1S/C16H16O8/c1-16(2)23-12-10-9(22-15(12)24-16)11(14(19)20-10)21-13(18)7-5-3-4-6-8(7)17/h3-6,9-12,15,17H,1-2H3/t9?,10?,11?,12-,15?/m0/s1. The average molecular weight is 336 g/mol. The summed E-state index contributed by atoms with van der Waals surface area (Å²) in [6, 6.07) is 5.90. The maximum Gasteiger partial charge on any atom is 0.350 e. The number of fused-ring (bicyclic) bond motifs is 3. The van der Waals surface area contributed by atoms with Crippen LogP contribution in [0.4, 0.5) is 0 Å². The van der Waals surface area contributed by atoms with Crippen molar-refractivity contribution in [1.29, 1.82) is 0 Å². The minimum Gasteiger partial charge on any atom is -0.507 e. The summed E-state index contributed by atoms with van der Waals surface area (Å²) in [7, 11) is 0. The zero-order chi connectivity index (χ0) is 17.1. The monoisotopic (exact) mass is 336 g/mol. The lowest BCUT2D eigenvalue weighted by atomic mass is 10.1. The van der Waals surface area contributed by atoms with E-state index < -0.39 is 48.4 Å². The van der Waals surface area contributed by atoms with Gasteiger partial charge in [0.05, 0.1) is 0 Å². The highest BCUT2D eigenvalue weighted by atomic mass is 16.8. The van der Waals surface area contributed by atoms with Crippen molar-refractivity contribution in [2.75, 3.05) is 0 Å². The molecule has 0 aliphatic carbocycles. The quantitative estimate of drug-likeness (QED) is 0.789. The van der Waals surface area contributed by atoms with Gasteiger partial charge >= 0.3 is 11.9 Å². The molecule has 4 rings (SSSR count). The highest BCUT2D eigenvalue weighted by Crippen LogP contribution is 2.43. The molecule has 0 spiro atoms. The number of para-hydroxylation sites is 1. The summed E-state index contributed by atoms with van der Waals surface area (Å²) in [6.45, 7) is 3.46. The lowest BCUT2D eigenvalue weighted by Gasteiger charge is -2.21. The molecule has 3 saturated heterocycles. The topological polar surface area (TPSA) is 101 Å². The van der Waals surface area contributed by atoms with E-state index >= 15 is 0 Å². The van der Waals surface area contributed by atoms with E-state index in [1.807, 2.05) is 0 Å². The van der Waals surface area contributed by atoms with E-state index in [0.29, 0.717) is 0 Å². The number of carbonyl (C=O) groups excluding carboxylic acids is 2. The summed E-state index contributed by atoms with van der Waals surface area (Å²) in [5.74, 6) is -2.61. The van der Waals surface area contributed by atoms with Crippen molar-refractivity contribution >= 4 is 11.9 Å². The summed E-state index contributed by atoms with van der Waals surface area (Å²) in [6.07, 6.45) is -4.00. The molecule has 0 amide bonds. The number of esters is 2. The molecule has 3 fully saturated rings. The van der Waals surface area contributed by atoms with Crippen molar-refractivity contribution < 1.29 is 38.4 Å². The predicted molar refractivity (Wildman–Crippen MR) is 75.9 cm³/mol. The highest BCUT2D eigenvalue weighted by molar-refractivity contribution is 5.94. The van der Waals surface area contributed by atoms with Crippen LogP contribution in [-0.4, -0.2) is 53.5 Å². The molecular formula is C16H16O8. The Balaban J connectivity index is 1.51. The molecule has 8 heteroatoms. The largest absolute Gasteiger partial charge is 0.507 e. The maximum absolute atomic E-state index is 12.2. The van der Waals surface area contributed by atoms with E-state index in [-0.39, 0.29) is 11.3 Å². The first kappa shape index (κ1) is 15.4. The number of hydrogen-bond acceptors (Lipinski definition) is 8. The van der Waals surface area contributed by atoms with Gasteiger partial charge in [0.25, 0.3) is 0 Å². The van der Waals surface area contributed by atoms with Gasteiger partial charge in [0.15, 0.2) is 24.3 Å². The number of aromatic hydroxyl groups is 1. The predicted octanol–water partition coefficient (Wildman–Crippen LogP) is 0.719. The lowest BCUT2D eigenvalue weighted by Crippen LogP contribution is -2.37. The number of rotatable bonds is 2. The number of ether oxygens (including phenoxy) is 5. The fourth-order valence-electron chi connectivity index (χ4n) is 3.16. The summed E-state index contributed by atoms with van der Waals surface area (Å²) >= 11 is 0. The van der Waals surface area contributed by atoms with E-state index in [1.54, 1.807) is 26.0 Å². The van der Waals surface area contributed by atoms with Crippen LogP contribution in [0.2, 0.25) is 0 Å². The Kier molecular flexibility index (Phi) is 3.31. The maximum atomic E-state index is 12.2. The molecule has 128 valence electrons. The molecule has 0 saturated carbocycles. The van der Waals surface area contributed by atoms with Crippen LogP contribution < -0.4 is 0 Å². The Morgan fingerprint density at radius 1 is 1.17 bits per heavy atom. The fraction of sp³-hybridized carbons (Fsp3) is 0.500. The van der Waals surface area contributed by atoms with Crippen LogP contribution in [0.5, 0.6) is 5.75 Å². The Morgan fingerprint density at radius 3 is 2.67 bits per heavy atom. The van der Waals surface area contributed by atoms with Crippen LogP contribution in [0.1, 0.15) is 24.2 Å². The molecule has 3 aliphatic rings. The van der Waals surface area contributed by atoms with E-state index in [0.717, 1.165) is 0 Å². The van der Waals surface area contributed by atoms with E-state index in [2.05, 4.69) is 0 Å². The van der Waals surface area contributed by atoms with E-state index in [1.165, 1.54) is 12.1 Å². The Labute approximate surface area is 137 Å². The van der Waals surface area contributed by atoms with E-state index in [4.69, 9.17) is 23.7 Å². The summed E-state index contributed by atoms with van der Waals surface area (Å²) in [4.78, 5) is 24.2. The molecule has 5 atom stereocenters. The van der Waals surface area contributed by atoms with Crippen molar-refractivity contribution in [2.24, 2.45) is 0 Å². The second-order valence-electron chi connectivity index (χ2n) is 6.31. The van der Waals surface area contributed by atoms with Crippen LogP contribution in [0, 0.1) is 0 Å². The van der Waals surface area contributed by atoms with Crippen molar-refractivity contribution in [3.05, 3.63) is 29.8 Å². The molecule has 1 N–H and O–H groups in total. The second kappa shape index (κ2) is 5.17. The Hall–Kier alpha value is -2.16. The van der Waals surface area contributed by atoms with Crippen LogP contribution in [-0.2, 0) is 28.5 Å². The third-order valence-corrected chi connectivity index (χ3v) is 4.17. The van der Waals surface area contributed by atoms with Crippen molar-refractivity contribution in [2.45, 2.75) is 50.3 Å². The van der Waals surface area contributed by atoms with Gasteiger partial charge in [-0.2, -0.15) is 0 Å².